The Kier molecular flexibility index (Phi) is 5.73. The molecular weight excluding hydrogens is 415 g/mol. The number of rotatable bonds is 6. The Morgan fingerprint density at radius 2 is 2.00 bits per heavy atom. The SMILES string of the molecule is CC(=O)c1nn([C@@H](C)Cn2ccc(-c3ccc(C#N)c(Cl)c3)n2)c(C(N)=O)c1Cl. The Balaban J connectivity index is 1.88. The van der Waals surface area contributed by atoms with Crippen molar-refractivity contribution in [3.05, 3.63) is 57.5 Å². The molecular formula is C19H16Cl2N6O2. The summed E-state index contributed by atoms with van der Waals surface area (Å²) in [4.78, 5) is 23.5. The summed E-state index contributed by atoms with van der Waals surface area (Å²) in [5.74, 6) is -1.13. The van der Waals surface area contributed by atoms with Gasteiger partial charge in [-0.05, 0) is 25.1 Å². The van der Waals surface area contributed by atoms with Crippen molar-refractivity contribution in [1.29, 1.82) is 5.26 Å². The lowest BCUT2D eigenvalue weighted by Crippen LogP contribution is -2.23. The third kappa shape index (κ3) is 4.01. The van der Waals surface area contributed by atoms with Crippen LogP contribution >= 0.6 is 23.2 Å². The van der Waals surface area contributed by atoms with Gasteiger partial charge in [-0.15, -0.1) is 0 Å². The van der Waals surface area contributed by atoms with Crippen LogP contribution in [0.25, 0.3) is 11.3 Å². The van der Waals surface area contributed by atoms with Crippen LogP contribution in [-0.4, -0.2) is 31.3 Å². The standard InChI is InChI=1S/C19H16Cl2N6O2/c1-10(27-18(19(23)29)16(21)17(25-27)11(2)28)9-26-6-5-15(24-26)12-3-4-13(8-22)14(20)7-12/h3-7,10H,9H2,1-2H3,(H2,23,29)/t10-/m0/s1. The van der Waals surface area contributed by atoms with Gasteiger partial charge in [0.1, 0.15) is 22.5 Å². The second-order valence-electron chi connectivity index (χ2n) is 6.45. The van der Waals surface area contributed by atoms with E-state index in [1.165, 1.54) is 11.6 Å². The first-order valence-corrected chi connectivity index (χ1v) is 9.30. The number of ketones is 1. The summed E-state index contributed by atoms with van der Waals surface area (Å²) < 4.78 is 3.02. The maximum absolute atomic E-state index is 11.8. The van der Waals surface area contributed by atoms with Crippen LogP contribution in [-0.2, 0) is 6.54 Å². The molecule has 29 heavy (non-hydrogen) atoms. The molecule has 0 radical (unpaired) electrons. The molecule has 3 rings (SSSR count). The molecule has 0 bridgehead atoms. The number of carbonyl (C=O) groups is 2. The summed E-state index contributed by atoms with van der Waals surface area (Å²) in [7, 11) is 0. The molecule has 1 atom stereocenters. The quantitative estimate of drug-likeness (QED) is 0.599. The predicted molar refractivity (Wildman–Crippen MR) is 108 cm³/mol. The van der Waals surface area contributed by atoms with Gasteiger partial charge >= 0.3 is 0 Å². The summed E-state index contributed by atoms with van der Waals surface area (Å²) in [6.07, 6.45) is 1.76. The summed E-state index contributed by atoms with van der Waals surface area (Å²) >= 11 is 12.2. The summed E-state index contributed by atoms with van der Waals surface area (Å²) in [6.45, 7) is 3.47. The number of Topliss-reactive ketones (excluding diaryl/α,β-unsaturated/α-hetero) is 1. The molecule has 0 aliphatic rings. The zero-order chi connectivity index (χ0) is 21.3. The first-order chi connectivity index (χ1) is 13.7. The number of carbonyl (C=O) groups excluding carboxylic acids is 2. The van der Waals surface area contributed by atoms with Crippen LogP contribution in [0.4, 0.5) is 0 Å². The fourth-order valence-corrected chi connectivity index (χ4v) is 3.48. The van der Waals surface area contributed by atoms with E-state index >= 15 is 0 Å². The number of nitrogens with zero attached hydrogens (tertiary/aromatic N) is 5. The van der Waals surface area contributed by atoms with Crippen molar-refractivity contribution in [2.24, 2.45) is 5.73 Å². The second kappa shape index (κ2) is 8.07. The molecule has 10 heteroatoms. The van der Waals surface area contributed by atoms with Crippen LogP contribution in [0.1, 0.15) is 46.4 Å². The lowest BCUT2D eigenvalue weighted by Gasteiger charge is -2.14. The number of primary amides is 1. The number of amides is 1. The highest BCUT2D eigenvalue weighted by Crippen LogP contribution is 2.26. The topological polar surface area (TPSA) is 120 Å². The zero-order valence-corrected chi connectivity index (χ0v) is 17.1. The average molecular weight is 431 g/mol. The summed E-state index contributed by atoms with van der Waals surface area (Å²) in [6, 6.07) is 8.52. The van der Waals surface area contributed by atoms with E-state index in [9.17, 15) is 9.59 Å². The third-order valence-electron chi connectivity index (χ3n) is 4.31. The molecule has 2 heterocycles. The van der Waals surface area contributed by atoms with Crippen molar-refractivity contribution < 1.29 is 9.59 Å². The molecule has 1 aromatic carbocycles. The molecule has 148 valence electrons. The maximum atomic E-state index is 11.8. The van der Waals surface area contributed by atoms with Crippen molar-refractivity contribution in [2.45, 2.75) is 26.4 Å². The number of aromatic nitrogens is 4. The van der Waals surface area contributed by atoms with Crippen LogP contribution in [0.2, 0.25) is 10.0 Å². The van der Waals surface area contributed by atoms with Gasteiger partial charge in [0.15, 0.2) is 5.78 Å². The fraction of sp³-hybridized carbons (Fsp3) is 0.211. The molecule has 0 unspecified atom stereocenters. The fourth-order valence-electron chi connectivity index (χ4n) is 2.91. The minimum atomic E-state index is -0.768. The van der Waals surface area contributed by atoms with E-state index in [2.05, 4.69) is 10.2 Å². The number of hydrogen-bond acceptors (Lipinski definition) is 5. The van der Waals surface area contributed by atoms with Crippen molar-refractivity contribution in [3.63, 3.8) is 0 Å². The first kappa shape index (κ1) is 20.6. The third-order valence-corrected chi connectivity index (χ3v) is 4.98. The number of nitrogens with two attached hydrogens (primary N) is 1. The van der Waals surface area contributed by atoms with E-state index in [4.69, 9.17) is 34.2 Å². The van der Waals surface area contributed by atoms with Gasteiger partial charge in [-0.1, -0.05) is 29.3 Å². The molecule has 0 saturated heterocycles. The summed E-state index contributed by atoms with van der Waals surface area (Å²) in [5, 5.41) is 17.9. The number of halogens is 2. The lowest BCUT2D eigenvalue weighted by atomic mass is 10.1. The van der Waals surface area contributed by atoms with Crippen LogP contribution in [0.3, 0.4) is 0 Å². The van der Waals surface area contributed by atoms with Gasteiger partial charge in [0, 0.05) is 18.7 Å². The van der Waals surface area contributed by atoms with E-state index in [0.29, 0.717) is 22.8 Å². The zero-order valence-electron chi connectivity index (χ0n) is 15.6. The highest BCUT2D eigenvalue weighted by molar-refractivity contribution is 6.36. The molecule has 0 aliphatic heterocycles. The van der Waals surface area contributed by atoms with E-state index in [1.807, 2.05) is 6.07 Å². The van der Waals surface area contributed by atoms with Gasteiger partial charge in [-0.25, -0.2) is 0 Å². The number of hydrogen-bond donors (Lipinski definition) is 1. The lowest BCUT2D eigenvalue weighted by molar-refractivity contribution is 0.0983. The van der Waals surface area contributed by atoms with Gasteiger partial charge in [0.25, 0.3) is 5.91 Å². The minimum Gasteiger partial charge on any atom is -0.364 e. The molecule has 0 fully saturated rings. The molecule has 0 saturated carbocycles. The Morgan fingerprint density at radius 3 is 2.59 bits per heavy atom. The van der Waals surface area contributed by atoms with Gasteiger partial charge in [0.2, 0.25) is 0 Å². The van der Waals surface area contributed by atoms with Gasteiger partial charge < -0.3 is 5.73 Å². The monoisotopic (exact) mass is 430 g/mol. The molecule has 3 aromatic rings. The molecule has 0 spiro atoms. The highest BCUT2D eigenvalue weighted by Gasteiger charge is 2.25. The van der Waals surface area contributed by atoms with Crippen molar-refractivity contribution in [1.82, 2.24) is 19.6 Å². The Morgan fingerprint density at radius 1 is 1.28 bits per heavy atom. The normalized spacial score (nSPS) is 11.8. The summed E-state index contributed by atoms with van der Waals surface area (Å²) in [5.41, 5.74) is 7.23. The highest BCUT2D eigenvalue weighted by atomic mass is 35.5. The molecule has 1 amide bonds. The van der Waals surface area contributed by atoms with E-state index in [1.54, 1.807) is 42.1 Å². The van der Waals surface area contributed by atoms with E-state index in [0.717, 1.165) is 5.56 Å². The smallest absolute Gasteiger partial charge is 0.268 e. The Hall–Kier alpha value is -3.15. The maximum Gasteiger partial charge on any atom is 0.268 e. The van der Waals surface area contributed by atoms with Gasteiger partial charge in [-0.2, -0.15) is 15.5 Å². The van der Waals surface area contributed by atoms with E-state index < -0.39 is 5.91 Å². The Labute approximate surface area is 176 Å². The number of nitriles is 1. The molecule has 0 aliphatic carbocycles. The van der Waals surface area contributed by atoms with Gasteiger partial charge in [0.05, 0.1) is 28.9 Å². The van der Waals surface area contributed by atoms with Gasteiger partial charge in [-0.3, -0.25) is 19.0 Å². The van der Waals surface area contributed by atoms with Crippen LogP contribution < -0.4 is 5.73 Å². The van der Waals surface area contributed by atoms with Crippen LogP contribution in [0.15, 0.2) is 30.5 Å². The first-order valence-electron chi connectivity index (χ1n) is 8.55. The van der Waals surface area contributed by atoms with Crippen molar-refractivity contribution >= 4 is 34.9 Å². The minimum absolute atomic E-state index is 0.000644. The van der Waals surface area contributed by atoms with Crippen LogP contribution in [0.5, 0.6) is 0 Å². The molecule has 2 aromatic heterocycles. The number of benzene rings is 1. The van der Waals surface area contributed by atoms with Crippen molar-refractivity contribution in [3.8, 4) is 17.3 Å². The molecule has 2 N–H and O–H groups in total. The second-order valence-corrected chi connectivity index (χ2v) is 7.24. The van der Waals surface area contributed by atoms with Crippen molar-refractivity contribution in [2.75, 3.05) is 0 Å². The predicted octanol–water partition coefficient (Wildman–Crippen LogP) is 3.49. The van der Waals surface area contributed by atoms with Crippen LogP contribution in [0, 0.1) is 11.3 Å². The largest absolute Gasteiger partial charge is 0.364 e. The van der Waals surface area contributed by atoms with E-state index in [-0.39, 0.29) is 28.2 Å². The Bertz CT molecular complexity index is 1160. The average Bonchev–Trinajstić information content (AvgIpc) is 3.26. The molecule has 8 nitrogen and oxygen atoms in total.